The molecular formula is C21H39N3O2. The van der Waals surface area contributed by atoms with Gasteiger partial charge in [-0.15, -0.1) is 0 Å². The smallest absolute Gasteiger partial charge is 0.273 e. The molecule has 26 heavy (non-hydrogen) atoms. The first-order valence-electron chi connectivity index (χ1n) is 10.6. The maximum atomic E-state index is 12.1. The summed E-state index contributed by atoms with van der Waals surface area (Å²) in [5, 5.41) is 2.92. The minimum absolute atomic E-state index is 0.174. The summed E-state index contributed by atoms with van der Waals surface area (Å²) >= 11 is 0. The van der Waals surface area contributed by atoms with Crippen molar-refractivity contribution in [3.8, 4) is 0 Å². The first-order chi connectivity index (χ1) is 12.6. The molecule has 0 saturated carbocycles. The van der Waals surface area contributed by atoms with E-state index in [1.807, 2.05) is 0 Å². The van der Waals surface area contributed by atoms with Crippen LogP contribution in [-0.2, 0) is 0 Å². The normalized spacial score (nSPS) is 13.5. The largest absolute Gasteiger partial charge is 0.446 e. The predicted molar refractivity (Wildman–Crippen MR) is 107 cm³/mol. The second-order valence-electron chi connectivity index (χ2n) is 7.42. The van der Waals surface area contributed by atoms with Gasteiger partial charge in [-0.25, -0.2) is 4.98 Å². The van der Waals surface area contributed by atoms with Crippen molar-refractivity contribution < 1.29 is 9.21 Å². The van der Waals surface area contributed by atoms with Crippen molar-refractivity contribution in [2.24, 2.45) is 11.7 Å². The van der Waals surface area contributed by atoms with E-state index >= 15 is 0 Å². The highest BCUT2D eigenvalue weighted by atomic mass is 16.3. The molecule has 0 fully saturated rings. The SMILES string of the molecule is CCCCCCCCCCCCNC(=O)c1coc(C(N)C(C)CC)n1. The highest BCUT2D eigenvalue weighted by Gasteiger charge is 2.20. The fraction of sp³-hybridized carbons (Fsp3) is 0.810. The summed E-state index contributed by atoms with van der Waals surface area (Å²) < 4.78 is 5.38. The third-order valence-electron chi connectivity index (χ3n) is 5.11. The number of hydrogen-bond donors (Lipinski definition) is 2. The number of rotatable bonds is 15. The Morgan fingerprint density at radius 1 is 1.08 bits per heavy atom. The maximum Gasteiger partial charge on any atom is 0.273 e. The molecule has 0 bridgehead atoms. The van der Waals surface area contributed by atoms with Gasteiger partial charge in [0.1, 0.15) is 6.26 Å². The van der Waals surface area contributed by atoms with E-state index in [9.17, 15) is 4.79 Å². The first-order valence-corrected chi connectivity index (χ1v) is 10.6. The zero-order valence-electron chi connectivity index (χ0n) is 17.1. The zero-order chi connectivity index (χ0) is 19.2. The van der Waals surface area contributed by atoms with Crippen LogP contribution in [0.5, 0.6) is 0 Å². The third kappa shape index (κ3) is 8.84. The molecule has 3 N–H and O–H groups in total. The van der Waals surface area contributed by atoms with E-state index in [4.69, 9.17) is 10.2 Å². The summed E-state index contributed by atoms with van der Waals surface area (Å²) in [6.45, 7) is 7.07. The number of unbranched alkanes of at least 4 members (excludes halogenated alkanes) is 9. The summed E-state index contributed by atoms with van der Waals surface area (Å²) in [6, 6.07) is -0.261. The minimum Gasteiger partial charge on any atom is -0.446 e. The molecule has 1 heterocycles. The molecule has 0 spiro atoms. The van der Waals surface area contributed by atoms with Crippen LogP contribution in [0, 0.1) is 5.92 Å². The molecule has 0 aliphatic heterocycles. The molecule has 150 valence electrons. The van der Waals surface area contributed by atoms with E-state index in [1.165, 1.54) is 57.6 Å². The van der Waals surface area contributed by atoms with Crippen LogP contribution < -0.4 is 11.1 Å². The fourth-order valence-corrected chi connectivity index (χ4v) is 2.95. The Labute approximate surface area is 159 Å². The average molecular weight is 366 g/mol. The number of oxazole rings is 1. The highest BCUT2D eigenvalue weighted by Crippen LogP contribution is 2.21. The number of nitrogens with zero attached hydrogens (tertiary/aromatic N) is 1. The number of nitrogens with one attached hydrogen (secondary N) is 1. The van der Waals surface area contributed by atoms with Crippen LogP contribution >= 0.6 is 0 Å². The molecule has 1 aromatic rings. The second-order valence-corrected chi connectivity index (χ2v) is 7.42. The van der Waals surface area contributed by atoms with Crippen molar-refractivity contribution in [2.75, 3.05) is 6.54 Å². The molecule has 1 aromatic heterocycles. The number of hydrogen-bond acceptors (Lipinski definition) is 4. The summed E-state index contributed by atoms with van der Waals surface area (Å²) in [4.78, 5) is 16.4. The molecule has 5 heteroatoms. The molecule has 2 atom stereocenters. The van der Waals surface area contributed by atoms with Crippen LogP contribution in [0.15, 0.2) is 10.7 Å². The van der Waals surface area contributed by atoms with Crippen molar-refractivity contribution in [1.82, 2.24) is 10.3 Å². The standard InChI is InChI=1S/C21H39N3O2/c1-4-6-7-8-9-10-11-12-13-14-15-23-20(25)18-16-26-21(24-18)19(22)17(3)5-2/h16-17,19H,4-15,22H2,1-3H3,(H,23,25). The van der Waals surface area contributed by atoms with Crippen molar-refractivity contribution in [2.45, 2.75) is 97.4 Å². The van der Waals surface area contributed by atoms with Crippen LogP contribution in [-0.4, -0.2) is 17.4 Å². The molecule has 5 nitrogen and oxygen atoms in total. The van der Waals surface area contributed by atoms with E-state index in [0.29, 0.717) is 18.1 Å². The predicted octanol–water partition coefficient (Wildman–Crippen LogP) is 5.37. The van der Waals surface area contributed by atoms with E-state index < -0.39 is 0 Å². The number of amides is 1. The lowest BCUT2D eigenvalue weighted by Crippen LogP contribution is -2.25. The first kappa shape index (κ1) is 22.7. The lowest BCUT2D eigenvalue weighted by Gasteiger charge is -2.13. The van der Waals surface area contributed by atoms with Crippen molar-refractivity contribution in [3.63, 3.8) is 0 Å². The Balaban J connectivity index is 2.09. The molecule has 1 rings (SSSR count). The number of nitrogens with two attached hydrogens (primary N) is 1. The molecule has 2 unspecified atom stereocenters. The van der Waals surface area contributed by atoms with Crippen LogP contribution in [0.4, 0.5) is 0 Å². The Morgan fingerprint density at radius 3 is 2.23 bits per heavy atom. The van der Waals surface area contributed by atoms with Gasteiger partial charge >= 0.3 is 0 Å². The minimum atomic E-state index is -0.261. The quantitative estimate of drug-likeness (QED) is 0.409. The maximum absolute atomic E-state index is 12.1. The second kappa shape index (κ2) is 13.8. The van der Waals surface area contributed by atoms with Crippen molar-refractivity contribution in [3.05, 3.63) is 17.8 Å². The van der Waals surface area contributed by atoms with E-state index in [-0.39, 0.29) is 17.9 Å². The summed E-state index contributed by atoms with van der Waals surface area (Å²) in [7, 11) is 0. The van der Waals surface area contributed by atoms with Gasteiger partial charge in [0.25, 0.3) is 5.91 Å². The summed E-state index contributed by atoms with van der Waals surface area (Å²) in [6.07, 6.45) is 15.2. The molecular weight excluding hydrogens is 326 g/mol. The molecule has 0 radical (unpaired) electrons. The molecule has 0 aliphatic rings. The molecule has 0 saturated heterocycles. The molecule has 0 aromatic carbocycles. The Hall–Kier alpha value is -1.36. The Bertz CT molecular complexity index is 487. The summed E-state index contributed by atoms with van der Waals surface area (Å²) in [5.74, 6) is 0.548. The van der Waals surface area contributed by atoms with Crippen molar-refractivity contribution >= 4 is 5.91 Å². The van der Waals surface area contributed by atoms with Gasteiger partial charge < -0.3 is 15.5 Å². The van der Waals surface area contributed by atoms with Crippen LogP contribution in [0.3, 0.4) is 0 Å². The molecule has 1 amide bonds. The van der Waals surface area contributed by atoms with Gasteiger partial charge in [-0.3, -0.25) is 4.79 Å². The van der Waals surface area contributed by atoms with Gasteiger partial charge in [0, 0.05) is 6.54 Å². The van der Waals surface area contributed by atoms with Gasteiger partial charge in [0.2, 0.25) is 5.89 Å². The summed E-state index contributed by atoms with van der Waals surface area (Å²) in [5.41, 5.74) is 6.41. The van der Waals surface area contributed by atoms with Crippen LogP contribution in [0.25, 0.3) is 0 Å². The molecule has 0 aliphatic carbocycles. The van der Waals surface area contributed by atoms with Gasteiger partial charge in [0.05, 0.1) is 6.04 Å². The van der Waals surface area contributed by atoms with Crippen molar-refractivity contribution in [1.29, 1.82) is 0 Å². The highest BCUT2D eigenvalue weighted by molar-refractivity contribution is 5.91. The van der Waals surface area contributed by atoms with E-state index in [0.717, 1.165) is 19.3 Å². The number of carbonyl (C=O) groups is 1. The lowest BCUT2D eigenvalue weighted by atomic mass is 10.0. The average Bonchev–Trinajstić information content (AvgIpc) is 3.15. The van der Waals surface area contributed by atoms with E-state index in [1.54, 1.807) is 0 Å². The van der Waals surface area contributed by atoms with Gasteiger partial charge in [0.15, 0.2) is 5.69 Å². The monoisotopic (exact) mass is 365 g/mol. The Morgan fingerprint density at radius 2 is 1.65 bits per heavy atom. The van der Waals surface area contributed by atoms with E-state index in [2.05, 4.69) is 31.1 Å². The zero-order valence-corrected chi connectivity index (χ0v) is 17.1. The number of carbonyl (C=O) groups excluding carboxylic acids is 1. The van der Waals surface area contributed by atoms with Crippen LogP contribution in [0.1, 0.15) is 114 Å². The Kier molecular flexibility index (Phi) is 12.0. The van der Waals surface area contributed by atoms with Gasteiger partial charge in [-0.05, 0) is 12.3 Å². The van der Waals surface area contributed by atoms with Crippen LogP contribution in [0.2, 0.25) is 0 Å². The van der Waals surface area contributed by atoms with Gasteiger partial charge in [-0.2, -0.15) is 0 Å². The third-order valence-corrected chi connectivity index (χ3v) is 5.11. The topological polar surface area (TPSA) is 81.2 Å². The number of aromatic nitrogens is 1. The lowest BCUT2D eigenvalue weighted by molar-refractivity contribution is 0.0948. The van der Waals surface area contributed by atoms with Gasteiger partial charge in [-0.1, -0.05) is 85.0 Å². The fourth-order valence-electron chi connectivity index (χ4n) is 2.95.